The lowest BCUT2D eigenvalue weighted by molar-refractivity contribution is -0.0828. The van der Waals surface area contributed by atoms with Crippen LogP contribution in [-0.4, -0.2) is 62.6 Å². The zero-order valence-electron chi connectivity index (χ0n) is 13.1. The molecule has 0 radical (unpaired) electrons. The van der Waals surface area contributed by atoms with Gasteiger partial charge in [-0.15, -0.1) is 0 Å². The number of aromatic nitrogens is 2. The van der Waals surface area contributed by atoms with E-state index >= 15 is 0 Å². The number of imidazole rings is 1. The Morgan fingerprint density at radius 2 is 2.05 bits per heavy atom. The Labute approximate surface area is 129 Å². The Hall–Kier alpha value is -0.733. The Morgan fingerprint density at radius 3 is 2.67 bits per heavy atom. The topological polar surface area (TPSA) is 65.7 Å². The second kappa shape index (κ2) is 11.9. The van der Waals surface area contributed by atoms with Gasteiger partial charge in [-0.3, -0.25) is 0 Å². The number of hydrogen-bond acceptors (Lipinski definition) is 5. The number of ether oxygens (including phenoxy) is 3. The summed E-state index contributed by atoms with van der Waals surface area (Å²) >= 11 is 0. The first-order chi connectivity index (χ1) is 10.3. The number of aliphatic hydroxyl groups is 1. The molecule has 0 saturated heterocycles. The van der Waals surface area contributed by atoms with Gasteiger partial charge in [0.1, 0.15) is 5.91 Å². The quantitative estimate of drug-likeness (QED) is 0.328. The van der Waals surface area contributed by atoms with Crippen molar-refractivity contribution in [1.82, 2.24) is 9.55 Å². The van der Waals surface area contributed by atoms with Crippen LogP contribution >= 0.6 is 0 Å². The van der Waals surface area contributed by atoms with Crippen LogP contribution in [0.4, 0.5) is 0 Å². The highest BCUT2D eigenvalue weighted by Gasteiger charge is 2.08. The summed E-state index contributed by atoms with van der Waals surface area (Å²) in [7, 11) is -0.383. The number of rotatable bonds is 13. The van der Waals surface area contributed by atoms with Gasteiger partial charge in [0.2, 0.25) is 0 Å². The van der Waals surface area contributed by atoms with Gasteiger partial charge in [-0.2, -0.15) is 0 Å². The lowest BCUT2D eigenvalue weighted by atomic mass is 10.4. The summed E-state index contributed by atoms with van der Waals surface area (Å²) in [6.07, 6.45) is 5.73. The third-order valence-electron chi connectivity index (χ3n) is 2.97. The summed E-state index contributed by atoms with van der Waals surface area (Å²) in [5.41, 5.74) is 0. The van der Waals surface area contributed by atoms with Crippen molar-refractivity contribution in [3.05, 3.63) is 18.7 Å². The van der Waals surface area contributed by atoms with E-state index in [0.29, 0.717) is 33.0 Å². The summed E-state index contributed by atoms with van der Waals surface area (Å²) in [4.78, 5) is 3.93. The van der Waals surface area contributed by atoms with E-state index in [9.17, 15) is 5.11 Å². The fraction of sp³-hybridized carbons (Fsp3) is 0.786. The van der Waals surface area contributed by atoms with E-state index in [-0.39, 0.29) is 15.4 Å². The Bertz CT molecular complexity index is 332. The first-order valence-electron chi connectivity index (χ1n) is 7.71. The Morgan fingerprint density at radius 1 is 1.29 bits per heavy atom. The molecule has 0 bridgehead atoms. The molecule has 1 unspecified atom stereocenters. The summed E-state index contributed by atoms with van der Waals surface area (Å²) in [6.45, 7) is 6.95. The van der Waals surface area contributed by atoms with Gasteiger partial charge < -0.3 is 23.9 Å². The second-order valence-corrected chi connectivity index (χ2v) is 6.78. The smallest absolute Gasteiger partial charge is 0.134 e. The first kappa shape index (κ1) is 18.3. The molecule has 0 aliphatic rings. The molecule has 1 aromatic heterocycles. The van der Waals surface area contributed by atoms with Gasteiger partial charge in [0, 0.05) is 32.2 Å². The standard InChI is InChI=1S/C14H28N2O4Si/c1-3-19-14(20-4-2)21-9-5-8-18-11-13(17)10-16-7-6-15-12-16/h6-7,12-14,17H,3-5,8-11,21H2,1-2H3. The predicted octanol–water partition coefficient (Wildman–Crippen LogP) is 0.594. The van der Waals surface area contributed by atoms with Crippen molar-refractivity contribution >= 4 is 9.52 Å². The van der Waals surface area contributed by atoms with Crippen LogP contribution in [-0.2, 0) is 20.8 Å². The minimum atomic E-state index is -0.490. The first-order valence-corrected chi connectivity index (χ1v) is 9.52. The zero-order valence-corrected chi connectivity index (χ0v) is 14.5. The molecule has 0 saturated carbocycles. The third kappa shape index (κ3) is 9.00. The maximum atomic E-state index is 9.80. The van der Waals surface area contributed by atoms with E-state index in [1.54, 1.807) is 12.5 Å². The second-order valence-electron chi connectivity index (χ2n) is 4.82. The van der Waals surface area contributed by atoms with Gasteiger partial charge in [-0.25, -0.2) is 4.98 Å². The van der Waals surface area contributed by atoms with Crippen molar-refractivity contribution in [3.63, 3.8) is 0 Å². The molecule has 1 N–H and O–H groups in total. The zero-order chi connectivity index (χ0) is 15.3. The molecule has 0 spiro atoms. The lowest BCUT2D eigenvalue weighted by Crippen LogP contribution is -2.25. The Balaban J connectivity index is 1.98. The van der Waals surface area contributed by atoms with Crippen molar-refractivity contribution < 1.29 is 19.3 Å². The number of nitrogens with zero attached hydrogens (tertiary/aromatic N) is 2. The Kier molecular flexibility index (Phi) is 10.4. The molecule has 1 atom stereocenters. The summed E-state index contributed by atoms with van der Waals surface area (Å²) in [6, 6.07) is 1.13. The van der Waals surface area contributed by atoms with Crippen LogP contribution in [0.3, 0.4) is 0 Å². The molecule has 1 aromatic rings. The molecule has 1 heterocycles. The van der Waals surface area contributed by atoms with E-state index in [4.69, 9.17) is 14.2 Å². The fourth-order valence-corrected chi connectivity index (χ4v) is 3.64. The van der Waals surface area contributed by atoms with Crippen LogP contribution in [0.2, 0.25) is 6.04 Å². The highest BCUT2D eigenvalue weighted by atomic mass is 28.2. The number of hydrogen-bond donors (Lipinski definition) is 1. The molecule has 6 nitrogen and oxygen atoms in total. The minimum Gasteiger partial charge on any atom is -0.389 e. The van der Waals surface area contributed by atoms with Crippen molar-refractivity contribution in [2.24, 2.45) is 0 Å². The maximum Gasteiger partial charge on any atom is 0.134 e. The largest absolute Gasteiger partial charge is 0.389 e. The maximum absolute atomic E-state index is 9.80. The molecule has 0 aliphatic heterocycles. The molecule has 0 amide bonds. The van der Waals surface area contributed by atoms with Gasteiger partial charge in [-0.1, -0.05) is 6.04 Å². The van der Waals surface area contributed by atoms with Gasteiger partial charge >= 0.3 is 0 Å². The van der Waals surface area contributed by atoms with Crippen molar-refractivity contribution in [2.75, 3.05) is 26.4 Å². The number of aliphatic hydroxyl groups excluding tert-OH is 1. The van der Waals surface area contributed by atoms with Crippen molar-refractivity contribution in [2.45, 2.75) is 44.9 Å². The summed E-state index contributed by atoms with van der Waals surface area (Å²) in [5.74, 6) is 0.0341. The van der Waals surface area contributed by atoms with Gasteiger partial charge in [0.05, 0.1) is 35.1 Å². The van der Waals surface area contributed by atoms with E-state index in [1.165, 1.54) is 0 Å². The van der Waals surface area contributed by atoms with Crippen molar-refractivity contribution in [1.29, 1.82) is 0 Å². The normalized spacial score (nSPS) is 13.5. The van der Waals surface area contributed by atoms with Crippen LogP contribution in [0.25, 0.3) is 0 Å². The monoisotopic (exact) mass is 316 g/mol. The highest BCUT2D eigenvalue weighted by Crippen LogP contribution is 2.00. The molecule has 0 fully saturated rings. The van der Waals surface area contributed by atoms with Gasteiger partial charge in [0.15, 0.2) is 0 Å². The molecular weight excluding hydrogens is 288 g/mol. The van der Waals surface area contributed by atoms with Crippen LogP contribution in [0.15, 0.2) is 18.7 Å². The molecular formula is C14H28N2O4Si. The molecule has 1 rings (SSSR count). The van der Waals surface area contributed by atoms with E-state index < -0.39 is 6.10 Å². The van der Waals surface area contributed by atoms with Crippen LogP contribution < -0.4 is 0 Å². The molecule has 0 aliphatic carbocycles. The molecule has 122 valence electrons. The average Bonchev–Trinajstić information content (AvgIpc) is 2.95. The SMILES string of the molecule is CCOC(OCC)[SiH2]CCCOCC(O)Cn1ccnc1. The van der Waals surface area contributed by atoms with Crippen LogP contribution in [0, 0.1) is 0 Å². The average molecular weight is 316 g/mol. The van der Waals surface area contributed by atoms with Gasteiger partial charge in [0.25, 0.3) is 0 Å². The van der Waals surface area contributed by atoms with Gasteiger partial charge in [-0.05, 0) is 20.3 Å². The van der Waals surface area contributed by atoms with Crippen LogP contribution in [0.5, 0.6) is 0 Å². The van der Waals surface area contributed by atoms with E-state index in [2.05, 4.69) is 4.98 Å². The third-order valence-corrected chi connectivity index (χ3v) is 4.83. The van der Waals surface area contributed by atoms with E-state index in [1.807, 2.05) is 24.6 Å². The lowest BCUT2D eigenvalue weighted by Gasteiger charge is -2.16. The van der Waals surface area contributed by atoms with E-state index in [0.717, 1.165) is 12.5 Å². The fourth-order valence-electron chi connectivity index (χ4n) is 2.01. The predicted molar refractivity (Wildman–Crippen MR) is 84.1 cm³/mol. The minimum absolute atomic E-state index is 0.0341. The highest BCUT2D eigenvalue weighted by molar-refractivity contribution is 6.36. The molecule has 21 heavy (non-hydrogen) atoms. The van der Waals surface area contributed by atoms with Crippen molar-refractivity contribution in [3.8, 4) is 0 Å². The summed E-state index contributed by atoms with van der Waals surface area (Å²) in [5, 5.41) is 9.80. The molecule has 0 aromatic carbocycles. The van der Waals surface area contributed by atoms with Crippen LogP contribution in [0.1, 0.15) is 20.3 Å². The molecule has 7 heteroatoms. The summed E-state index contributed by atoms with van der Waals surface area (Å²) < 4.78 is 18.4.